The van der Waals surface area contributed by atoms with E-state index in [4.69, 9.17) is 10.5 Å². The van der Waals surface area contributed by atoms with Gasteiger partial charge in [-0.25, -0.2) is 4.98 Å². The minimum Gasteiger partial charge on any atom is -0.476 e. The van der Waals surface area contributed by atoms with Crippen molar-refractivity contribution in [3.05, 3.63) is 6.33 Å². The number of rotatable bonds is 5. The summed E-state index contributed by atoms with van der Waals surface area (Å²) in [6.45, 7) is 2.66. The van der Waals surface area contributed by atoms with Crippen LogP contribution in [0.3, 0.4) is 0 Å². The number of hydrogen-bond donors (Lipinski definition) is 1. The monoisotopic (exact) mass is 264 g/mol. The third-order valence-corrected chi connectivity index (χ3v) is 2.16. The second-order valence-corrected chi connectivity index (χ2v) is 3.48. The first-order valence-electron chi connectivity index (χ1n) is 5.44. The summed E-state index contributed by atoms with van der Waals surface area (Å²) in [4.78, 5) is 8.59. The van der Waals surface area contributed by atoms with Gasteiger partial charge in [-0.15, -0.1) is 0 Å². The molecule has 102 valence electrons. The van der Waals surface area contributed by atoms with Gasteiger partial charge in [-0.05, 0) is 13.8 Å². The molecule has 0 atom stereocenters. The molecule has 0 aromatic carbocycles. The van der Waals surface area contributed by atoms with Gasteiger partial charge < -0.3 is 15.4 Å². The van der Waals surface area contributed by atoms with E-state index >= 15 is 0 Å². The smallest absolute Gasteiger partial charge is 0.405 e. The highest BCUT2D eigenvalue weighted by atomic mass is 19.4. The quantitative estimate of drug-likeness (QED) is 0.879. The van der Waals surface area contributed by atoms with Crippen molar-refractivity contribution >= 4 is 11.5 Å². The normalized spacial score (nSPS) is 11.4. The van der Waals surface area contributed by atoms with Crippen LogP contribution in [-0.4, -0.2) is 35.8 Å². The van der Waals surface area contributed by atoms with Crippen LogP contribution in [-0.2, 0) is 0 Å². The highest BCUT2D eigenvalue weighted by molar-refractivity contribution is 5.67. The van der Waals surface area contributed by atoms with E-state index in [2.05, 4.69) is 9.97 Å². The fraction of sp³-hybridized carbons (Fsp3) is 0.600. The summed E-state index contributed by atoms with van der Waals surface area (Å²) in [5.74, 6) is 0.136. The van der Waals surface area contributed by atoms with Crippen molar-refractivity contribution < 1.29 is 17.9 Å². The minimum atomic E-state index is -4.32. The topological polar surface area (TPSA) is 64.3 Å². The van der Waals surface area contributed by atoms with Crippen molar-refractivity contribution in [2.75, 3.05) is 30.3 Å². The van der Waals surface area contributed by atoms with E-state index in [1.165, 1.54) is 0 Å². The van der Waals surface area contributed by atoms with Crippen LogP contribution in [0.2, 0.25) is 0 Å². The molecule has 0 amide bonds. The Morgan fingerprint density at radius 2 is 2.00 bits per heavy atom. The van der Waals surface area contributed by atoms with E-state index in [1.54, 1.807) is 13.8 Å². The lowest BCUT2D eigenvalue weighted by molar-refractivity contribution is -0.119. The predicted octanol–water partition coefficient (Wildman–Crippen LogP) is 1.85. The Balaban J connectivity index is 3.02. The standard InChI is InChI=1S/C10H15F3N4O/c1-3-17(5-10(11,12)13)8-7(14)9(18-4-2)16-6-15-8/h6H,3-5,14H2,1-2H3. The molecular formula is C10H15F3N4O. The summed E-state index contributed by atoms with van der Waals surface area (Å²) < 4.78 is 42.3. The molecule has 0 spiro atoms. The Morgan fingerprint density at radius 3 is 2.50 bits per heavy atom. The summed E-state index contributed by atoms with van der Waals surface area (Å²) >= 11 is 0. The van der Waals surface area contributed by atoms with Crippen molar-refractivity contribution in [1.29, 1.82) is 0 Å². The third kappa shape index (κ3) is 3.64. The molecule has 0 aliphatic carbocycles. The van der Waals surface area contributed by atoms with Crippen LogP contribution in [0, 0.1) is 0 Å². The number of aromatic nitrogens is 2. The minimum absolute atomic E-state index is 0.0189. The molecule has 0 aliphatic rings. The van der Waals surface area contributed by atoms with Gasteiger partial charge in [0.15, 0.2) is 5.82 Å². The van der Waals surface area contributed by atoms with E-state index in [1.807, 2.05) is 0 Å². The van der Waals surface area contributed by atoms with Crippen molar-refractivity contribution in [2.24, 2.45) is 0 Å². The number of alkyl halides is 3. The van der Waals surface area contributed by atoms with Crippen LogP contribution in [0.1, 0.15) is 13.8 Å². The Hall–Kier alpha value is -1.73. The van der Waals surface area contributed by atoms with Crippen LogP contribution in [0.4, 0.5) is 24.7 Å². The number of hydrogen-bond acceptors (Lipinski definition) is 5. The fourth-order valence-electron chi connectivity index (χ4n) is 1.43. The third-order valence-electron chi connectivity index (χ3n) is 2.16. The molecule has 0 saturated heterocycles. The first kappa shape index (κ1) is 14.3. The van der Waals surface area contributed by atoms with Gasteiger partial charge >= 0.3 is 6.18 Å². The first-order valence-corrected chi connectivity index (χ1v) is 5.44. The summed E-state index contributed by atoms with van der Waals surface area (Å²) in [6.07, 6.45) is -3.19. The molecule has 1 heterocycles. The van der Waals surface area contributed by atoms with Gasteiger partial charge in [-0.2, -0.15) is 18.2 Å². The van der Waals surface area contributed by atoms with Gasteiger partial charge in [-0.1, -0.05) is 0 Å². The number of nitrogen functional groups attached to an aromatic ring is 1. The lowest BCUT2D eigenvalue weighted by atomic mass is 10.4. The van der Waals surface area contributed by atoms with E-state index in [0.29, 0.717) is 6.61 Å². The maximum absolute atomic E-state index is 12.4. The largest absolute Gasteiger partial charge is 0.476 e. The Labute approximate surface area is 103 Å². The lowest BCUT2D eigenvalue weighted by Crippen LogP contribution is -2.35. The van der Waals surface area contributed by atoms with Crippen molar-refractivity contribution in [2.45, 2.75) is 20.0 Å². The van der Waals surface area contributed by atoms with E-state index in [-0.39, 0.29) is 23.9 Å². The average Bonchev–Trinajstić information content (AvgIpc) is 2.28. The van der Waals surface area contributed by atoms with Gasteiger partial charge in [0, 0.05) is 6.54 Å². The van der Waals surface area contributed by atoms with Crippen LogP contribution in [0.15, 0.2) is 6.33 Å². The summed E-state index contributed by atoms with van der Waals surface area (Å²) in [5.41, 5.74) is 5.72. The van der Waals surface area contributed by atoms with Gasteiger partial charge in [0.25, 0.3) is 0 Å². The highest BCUT2D eigenvalue weighted by Gasteiger charge is 2.31. The predicted molar refractivity (Wildman–Crippen MR) is 61.6 cm³/mol. The molecule has 0 aliphatic heterocycles. The zero-order chi connectivity index (χ0) is 13.8. The molecular weight excluding hydrogens is 249 g/mol. The maximum Gasteiger partial charge on any atom is 0.405 e. The molecule has 0 fully saturated rings. The van der Waals surface area contributed by atoms with Gasteiger partial charge in [0.05, 0.1) is 6.61 Å². The zero-order valence-corrected chi connectivity index (χ0v) is 10.2. The van der Waals surface area contributed by atoms with Crippen LogP contribution in [0.25, 0.3) is 0 Å². The summed E-state index contributed by atoms with van der Waals surface area (Å²) in [5, 5.41) is 0. The fourth-order valence-corrected chi connectivity index (χ4v) is 1.43. The van der Waals surface area contributed by atoms with Gasteiger partial charge in [0.1, 0.15) is 18.6 Å². The number of ether oxygens (including phenoxy) is 1. The molecule has 2 N–H and O–H groups in total. The summed E-state index contributed by atoms with van der Waals surface area (Å²) in [6, 6.07) is 0. The van der Waals surface area contributed by atoms with Crippen LogP contribution >= 0.6 is 0 Å². The Morgan fingerprint density at radius 1 is 1.33 bits per heavy atom. The highest BCUT2D eigenvalue weighted by Crippen LogP contribution is 2.29. The molecule has 0 bridgehead atoms. The second-order valence-electron chi connectivity index (χ2n) is 3.48. The Kier molecular flexibility index (Phi) is 4.57. The Bertz CT molecular complexity index is 397. The van der Waals surface area contributed by atoms with Gasteiger partial charge in [-0.3, -0.25) is 0 Å². The average molecular weight is 264 g/mol. The van der Waals surface area contributed by atoms with Crippen LogP contribution in [0.5, 0.6) is 5.88 Å². The van der Waals surface area contributed by atoms with Gasteiger partial charge in [0.2, 0.25) is 5.88 Å². The molecule has 1 aromatic rings. The molecule has 1 rings (SSSR count). The lowest BCUT2D eigenvalue weighted by Gasteiger charge is -2.24. The maximum atomic E-state index is 12.4. The molecule has 1 aromatic heterocycles. The number of anilines is 2. The van der Waals surface area contributed by atoms with E-state index < -0.39 is 12.7 Å². The van der Waals surface area contributed by atoms with Crippen LogP contribution < -0.4 is 15.4 Å². The van der Waals surface area contributed by atoms with Crippen molar-refractivity contribution in [3.63, 3.8) is 0 Å². The van der Waals surface area contributed by atoms with E-state index in [9.17, 15) is 13.2 Å². The number of nitrogens with two attached hydrogens (primary N) is 1. The molecule has 18 heavy (non-hydrogen) atoms. The first-order chi connectivity index (χ1) is 8.39. The molecule has 0 saturated carbocycles. The molecule has 0 unspecified atom stereocenters. The second kappa shape index (κ2) is 5.74. The molecule has 8 heteroatoms. The SMILES string of the molecule is CCOc1ncnc(N(CC)CC(F)(F)F)c1N. The summed E-state index contributed by atoms with van der Waals surface area (Å²) in [7, 11) is 0. The van der Waals surface area contributed by atoms with Crippen molar-refractivity contribution in [3.8, 4) is 5.88 Å². The molecule has 5 nitrogen and oxygen atoms in total. The number of nitrogens with zero attached hydrogens (tertiary/aromatic N) is 3. The molecule has 0 radical (unpaired) electrons. The zero-order valence-electron chi connectivity index (χ0n) is 10.2. The van der Waals surface area contributed by atoms with Crippen molar-refractivity contribution in [1.82, 2.24) is 9.97 Å². The van der Waals surface area contributed by atoms with E-state index in [0.717, 1.165) is 11.2 Å². The number of halogens is 3.